The summed E-state index contributed by atoms with van der Waals surface area (Å²) in [5.41, 5.74) is 2.86. The van der Waals surface area contributed by atoms with Gasteiger partial charge in [0.25, 0.3) is 11.8 Å². The van der Waals surface area contributed by atoms with Crippen molar-refractivity contribution in [1.29, 1.82) is 0 Å². The smallest absolute Gasteiger partial charge is 0.299 e. The number of aliphatic imine (C=N–C) groups is 1. The van der Waals surface area contributed by atoms with E-state index in [0.717, 1.165) is 19.1 Å². The second-order valence-electron chi connectivity index (χ2n) is 6.36. The molecule has 0 saturated heterocycles. The third-order valence-corrected chi connectivity index (χ3v) is 4.64. The Kier molecular flexibility index (Phi) is 5.31. The van der Waals surface area contributed by atoms with Crippen molar-refractivity contribution in [1.82, 2.24) is 4.98 Å². The van der Waals surface area contributed by atoms with Gasteiger partial charge in [-0.05, 0) is 37.3 Å². The van der Waals surface area contributed by atoms with Gasteiger partial charge in [-0.25, -0.2) is 18.2 Å². The second kappa shape index (κ2) is 7.40. The van der Waals surface area contributed by atoms with Crippen LogP contribution in [0.15, 0.2) is 41.5 Å². The quantitative estimate of drug-likeness (QED) is 0.808. The lowest BCUT2D eigenvalue weighted by atomic mass is 9.85. The summed E-state index contributed by atoms with van der Waals surface area (Å²) in [6.45, 7) is -0.206. The zero-order chi connectivity index (χ0) is 20.5. The SMILES string of the molecule is C[C@]1(c2cc(NC(=O)c3ncccc3Cl)ccc2F)N=C(N)COCC1(F)F. The van der Waals surface area contributed by atoms with Crippen LogP contribution >= 0.6 is 11.6 Å². The normalized spacial score (nSPS) is 21.5. The minimum atomic E-state index is -3.54. The number of amidine groups is 1. The van der Waals surface area contributed by atoms with Gasteiger partial charge in [-0.15, -0.1) is 0 Å². The predicted octanol–water partition coefficient (Wildman–Crippen LogP) is 3.36. The number of ether oxygens (including phenoxy) is 1. The lowest BCUT2D eigenvalue weighted by Crippen LogP contribution is -2.45. The number of rotatable bonds is 3. The molecule has 28 heavy (non-hydrogen) atoms. The van der Waals surface area contributed by atoms with Crippen molar-refractivity contribution in [3.8, 4) is 0 Å². The molecule has 1 atom stereocenters. The lowest BCUT2D eigenvalue weighted by molar-refractivity contribution is -0.116. The van der Waals surface area contributed by atoms with Crippen molar-refractivity contribution in [3.05, 3.63) is 58.6 Å². The molecule has 0 radical (unpaired) electrons. The molecular weight excluding hydrogens is 397 g/mol. The molecule has 0 fully saturated rings. The summed E-state index contributed by atoms with van der Waals surface area (Å²) >= 11 is 5.93. The minimum absolute atomic E-state index is 0.0586. The van der Waals surface area contributed by atoms with Crippen molar-refractivity contribution < 1.29 is 22.7 Å². The Morgan fingerprint density at radius 3 is 2.82 bits per heavy atom. The molecule has 0 unspecified atom stereocenters. The molecule has 0 aliphatic carbocycles. The van der Waals surface area contributed by atoms with Gasteiger partial charge in [0.1, 0.15) is 30.6 Å². The Labute approximate surface area is 163 Å². The van der Waals surface area contributed by atoms with Gasteiger partial charge in [0, 0.05) is 17.4 Å². The largest absolute Gasteiger partial charge is 0.385 e. The van der Waals surface area contributed by atoms with Crippen LogP contribution in [0.25, 0.3) is 0 Å². The van der Waals surface area contributed by atoms with Crippen molar-refractivity contribution >= 4 is 29.0 Å². The van der Waals surface area contributed by atoms with Crippen molar-refractivity contribution in [3.63, 3.8) is 0 Å². The number of nitrogens with zero attached hydrogens (tertiary/aromatic N) is 2. The summed E-state index contributed by atoms with van der Waals surface area (Å²) in [5.74, 6) is -5.32. The maximum absolute atomic E-state index is 14.7. The molecule has 1 amide bonds. The van der Waals surface area contributed by atoms with E-state index >= 15 is 0 Å². The maximum atomic E-state index is 14.7. The topological polar surface area (TPSA) is 89.6 Å². The van der Waals surface area contributed by atoms with E-state index in [1.54, 1.807) is 6.07 Å². The van der Waals surface area contributed by atoms with Crippen LogP contribution in [0.2, 0.25) is 5.02 Å². The average Bonchev–Trinajstić information content (AvgIpc) is 2.72. The van der Waals surface area contributed by atoms with Crippen LogP contribution in [0.1, 0.15) is 23.0 Å². The predicted molar refractivity (Wildman–Crippen MR) is 98.3 cm³/mol. The fourth-order valence-corrected chi connectivity index (χ4v) is 3.01. The van der Waals surface area contributed by atoms with Crippen LogP contribution in [0.5, 0.6) is 0 Å². The number of halogens is 4. The van der Waals surface area contributed by atoms with E-state index in [0.29, 0.717) is 0 Å². The Balaban J connectivity index is 2.01. The highest BCUT2D eigenvalue weighted by molar-refractivity contribution is 6.34. The summed E-state index contributed by atoms with van der Waals surface area (Å²) in [7, 11) is 0. The fraction of sp³-hybridized carbons (Fsp3) is 0.278. The van der Waals surface area contributed by atoms with Gasteiger partial charge >= 0.3 is 0 Å². The van der Waals surface area contributed by atoms with E-state index in [4.69, 9.17) is 22.1 Å². The molecular formula is C18H16ClF3N4O2. The van der Waals surface area contributed by atoms with E-state index < -0.39 is 35.4 Å². The van der Waals surface area contributed by atoms with Crippen LogP contribution in [0.3, 0.4) is 0 Å². The fourth-order valence-electron chi connectivity index (χ4n) is 2.80. The minimum Gasteiger partial charge on any atom is -0.385 e. The number of hydrogen-bond acceptors (Lipinski definition) is 5. The number of nitrogens with two attached hydrogens (primary N) is 1. The monoisotopic (exact) mass is 412 g/mol. The van der Waals surface area contributed by atoms with Crippen molar-refractivity contribution in [2.45, 2.75) is 18.4 Å². The Morgan fingerprint density at radius 1 is 1.36 bits per heavy atom. The van der Waals surface area contributed by atoms with Crippen LogP contribution in [0.4, 0.5) is 18.9 Å². The number of alkyl halides is 2. The van der Waals surface area contributed by atoms with Crippen molar-refractivity contribution in [2.75, 3.05) is 18.5 Å². The zero-order valence-corrected chi connectivity index (χ0v) is 15.4. The molecule has 0 saturated carbocycles. The van der Waals surface area contributed by atoms with E-state index in [1.807, 2.05) is 0 Å². The van der Waals surface area contributed by atoms with Gasteiger partial charge in [-0.1, -0.05) is 11.6 Å². The standard InChI is InChI=1S/C18H16ClF3N4O2/c1-17(18(21,22)9-28-8-14(23)26-17)11-7-10(4-5-13(11)20)25-16(27)15-12(19)3-2-6-24-15/h2-7H,8-9H2,1H3,(H2,23,26)(H,25,27)/t17-/m1/s1. The average molecular weight is 413 g/mol. The van der Waals surface area contributed by atoms with Gasteiger partial charge < -0.3 is 15.8 Å². The molecule has 1 aliphatic rings. The molecule has 0 bridgehead atoms. The maximum Gasteiger partial charge on any atom is 0.299 e. The van der Waals surface area contributed by atoms with E-state index in [9.17, 15) is 18.0 Å². The molecule has 2 aromatic rings. The summed E-state index contributed by atoms with van der Waals surface area (Å²) in [5, 5.41) is 2.58. The molecule has 0 spiro atoms. The third kappa shape index (κ3) is 3.67. The van der Waals surface area contributed by atoms with Crippen LogP contribution in [-0.2, 0) is 10.3 Å². The number of carbonyl (C=O) groups is 1. The summed E-state index contributed by atoms with van der Waals surface area (Å²) in [6.07, 6.45) is 1.38. The first kappa shape index (κ1) is 20.1. The highest BCUT2D eigenvalue weighted by Gasteiger charge is 2.54. The molecule has 6 nitrogen and oxygen atoms in total. The van der Waals surface area contributed by atoms with E-state index in [1.165, 1.54) is 18.3 Å². The van der Waals surface area contributed by atoms with Crippen LogP contribution < -0.4 is 11.1 Å². The molecule has 1 aromatic heterocycles. The van der Waals surface area contributed by atoms with Gasteiger partial charge in [0.15, 0.2) is 5.54 Å². The summed E-state index contributed by atoms with van der Waals surface area (Å²) < 4.78 is 48.7. The third-order valence-electron chi connectivity index (χ3n) is 4.33. The van der Waals surface area contributed by atoms with Gasteiger partial charge in [0.2, 0.25) is 0 Å². The first-order valence-electron chi connectivity index (χ1n) is 8.16. The Morgan fingerprint density at radius 2 is 2.11 bits per heavy atom. The Hall–Kier alpha value is -2.65. The lowest BCUT2D eigenvalue weighted by Gasteiger charge is -2.33. The number of anilines is 1. The van der Waals surface area contributed by atoms with E-state index in [2.05, 4.69) is 15.3 Å². The van der Waals surface area contributed by atoms with E-state index in [-0.39, 0.29) is 28.8 Å². The van der Waals surface area contributed by atoms with Gasteiger partial charge in [0.05, 0.1) is 5.02 Å². The number of pyridine rings is 1. The molecule has 148 valence electrons. The molecule has 10 heteroatoms. The molecule has 3 rings (SSSR count). The Bertz CT molecular complexity index is 954. The number of hydrogen-bond donors (Lipinski definition) is 2. The molecule has 1 aromatic carbocycles. The number of carbonyl (C=O) groups excluding carboxylic acids is 1. The van der Waals surface area contributed by atoms with Crippen molar-refractivity contribution in [2.24, 2.45) is 10.7 Å². The first-order valence-corrected chi connectivity index (χ1v) is 8.53. The van der Waals surface area contributed by atoms with Gasteiger partial charge in [-0.3, -0.25) is 9.79 Å². The molecule has 2 heterocycles. The highest BCUT2D eigenvalue weighted by Crippen LogP contribution is 2.44. The summed E-state index contributed by atoms with van der Waals surface area (Å²) in [6, 6.07) is 6.30. The molecule has 1 aliphatic heterocycles. The number of benzene rings is 1. The first-order chi connectivity index (χ1) is 13.1. The van der Waals surface area contributed by atoms with Gasteiger partial charge in [-0.2, -0.15) is 0 Å². The second-order valence-corrected chi connectivity index (χ2v) is 6.76. The number of nitrogens with one attached hydrogen (secondary N) is 1. The highest BCUT2D eigenvalue weighted by atomic mass is 35.5. The molecule has 3 N–H and O–H groups in total. The zero-order valence-electron chi connectivity index (χ0n) is 14.7. The van der Waals surface area contributed by atoms with Crippen LogP contribution in [0, 0.1) is 5.82 Å². The summed E-state index contributed by atoms with van der Waals surface area (Å²) in [4.78, 5) is 20.0. The van der Waals surface area contributed by atoms with Crippen LogP contribution in [-0.4, -0.2) is 35.9 Å². The number of aromatic nitrogens is 1. The number of amides is 1.